The van der Waals surface area contributed by atoms with E-state index in [1.165, 1.54) is 11.1 Å². The molecule has 1 spiro atoms. The molecule has 0 amide bonds. The van der Waals surface area contributed by atoms with Crippen molar-refractivity contribution in [2.24, 2.45) is 0 Å². The number of halogens is 1. The number of β-amino-alcohol motifs (C(OH)–C–C–N with tert-alkyl or cyclic N) is 1. The number of aliphatic hydroxyl groups is 1. The van der Waals surface area contributed by atoms with Crippen molar-refractivity contribution in [1.29, 1.82) is 0 Å². The Balaban J connectivity index is 1.24. The molecule has 1 aliphatic carbocycles. The van der Waals surface area contributed by atoms with Crippen LogP contribution >= 0.6 is 0 Å². The third-order valence-electron chi connectivity index (χ3n) is 10.1. The lowest BCUT2D eigenvalue weighted by atomic mass is 9.75. The lowest BCUT2D eigenvalue weighted by Crippen LogP contribution is -2.47. The second-order valence-corrected chi connectivity index (χ2v) is 13.0. The minimum Gasteiger partial charge on any atom is -0.388 e. The second-order valence-electron chi connectivity index (χ2n) is 13.0. The fourth-order valence-electron chi connectivity index (χ4n) is 8.34. The summed E-state index contributed by atoms with van der Waals surface area (Å²) < 4.78 is 21.2. The minimum absolute atomic E-state index is 0.0275. The summed E-state index contributed by atoms with van der Waals surface area (Å²) in [5.74, 6) is 1.81. The molecule has 0 bridgehead atoms. The van der Waals surface area contributed by atoms with Crippen LogP contribution in [0.3, 0.4) is 0 Å². The molecule has 1 N–H and O–H groups in total. The summed E-state index contributed by atoms with van der Waals surface area (Å²) in [4.78, 5) is 15.0. The minimum atomic E-state index is -0.724. The van der Waals surface area contributed by atoms with E-state index in [4.69, 9.17) is 14.7 Å². The zero-order chi connectivity index (χ0) is 26.0. The maximum atomic E-state index is 14.4. The van der Waals surface area contributed by atoms with Gasteiger partial charge in [-0.1, -0.05) is 24.3 Å². The van der Waals surface area contributed by atoms with Crippen LogP contribution in [0.1, 0.15) is 86.5 Å². The van der Waals surface area contributed by atoms with Gasteiger partial charge >= 0.3 is 0 Å². The Morgan fingerprint density at radius 1 is 1.11 bits per heavy atom. The van der Waals surface area contributed by atoms with Gasteiger partial charge in [0, 0.05) is 43.6 Å². The molecule has 0 radical (unpaired) electrons. The molecule has 0 saturated carbocycles. The van der Waals surface area contributed by atoms with Crippen molar-refractivity contribution in [1.82, 2.24) is 14.9 Å². The van der Waals surface area contributed by atoms with Crippen LogP contribution in [0, 0.1) is 0 Å². The fourth-order valence-corrected chi connectivity index (χ4v) is 8.34. The van der Waals surface area contributed by atoms with Crippen LogP contribution in [0.25, 0.3) is 0 Å². The van der Waals surface area contributed by atoms with Crippen LogP contribution in [0.15, 0.2) is 24.3 Å². The monoisotopic (exact) mass is 520 g/mol. The number of alkyl halides is 1. The third-order valence-corrected chi connectivity index (χ3v) is 10.1. The number of hydrogen-bond donors (Lipinski definition) is 1. The average molecular weight is 521 g/mol. The van der Waals surface area contributed by atoms with Gasteiger partial charge in [0.2, 0.25) is 0 Å². The first-order valence-electron chi connectivity index (χ1n) is 14.8. The maximum Gasteiger partial charge on any atom is 0.138 e. The Bertz CT molecular complexity index is 1220. The first kappa shape index (κ1) is 24.9. The molecule has 1 aromatic heterocycles. The molecule has 3 saturated heterocycles. The molecule has 3 fully saturated rings. The van der Waals surface area contributed by atoms with Crippen molar-refractivity contribution in [2.45, 2.75) is 107 Å². The largest absolute Gasteiger partial charge is 0.388 e. The van der Waals surface area contributed by atoms with Gasteiger partial charge in [0.05, 0.1) is 23.5 Å². The van der Waals surface area contributed by atoms with Gasteiger partial charge in [0.1, 0.15) is 17.8 Å². The van der Waals surface area contributed by atoms with Gasteiger partial charge in [-0.25, -0.2) is 14.4 Å². The fraction of sp³-hybridized carbons (Fsp3) is 0.677. The van der Waals surface area contributed by atoms with Gasteiger partial charge in [-0.05, 0) is 82.4 Å². The molecular formula is C31H41FN4O2. The molecule has 4 unspecified atom stereocenters. The van der Waals surface area contributed by atoms with Crippen LogP contribution in [-0.2, 0) is 36.2 Å². The summed E-state index contributed by atoms with van der Waals surface area (Å²) in [6.07, 6.45) is 9.58. The van der Waals surface area contributed by atoms with E-state index in [0.29, 0.717) is 26.1 Å². The number of fused-ring (bicyclic) bond motifs is 4. The van der Waals surface area contributed by atoms with E-state index >= 15 is 0 Å². The first-order valence-corrected chi connectivity index (χ1v) is 14.8. The smallest absolute Gasteiger partial charge is 0.138 e. The van der Waals surface area contributed by atoms with Crippen molar-refractivity contribution in [3.8, 4) is 0 Å². The molecule has 2 aromatic rings. The number of aryl methyl sites for hydroxylation is 2. The Kier molecular flexibility index (Phi) is 6.06. The van der Waals surface area contributed by atoms with Gasteiger partial charge in [-0.15, -0.1) is 0 Å². The van der Waals surface area contributed by atoms with Crippen LogP contribution in [-0.4, -0.2) is 63.5 Å². The van der Waals surface area contributed by atoms with Gasteiger partial charge < -0.3 is 14.7 Å². The molecule has 4 atom stereocenters. The van der Waals surface area contributed by atoms with Gasteiger partial charge in [-0.2, -0.15) is 0 Å². The molecule has 204 valence electrons. The average Bonchev–Trinajstić information content (AvgIpc) is 3.42. The number of ether oxygens (including phenoxy) is 1. The van der Waals surface area contributed by atoms with Crippen LogP contribution < -0.4 is 4.90 Å². The standard InChI is InChI=1S/C31H41FN4O2/c1-29(37)11-5-15-35(21-29)28-24-20-38-31(13-4-8-22-7-2-3-9-25(22)31)18-26(24)33-27(34-28)10-14-30-12-6-16-36(30)19-23(32)17-30/h2-3,7,9,23,37H,4-6,8,10-21H2,1H3. The normalized spacial score (nSPS) is 34.8. The summed E-state index contributed by atoms with van der Waals surface area (Å²) in [6, 6.07) is 8.75. The molecule has 5 heterocycles. The predicted octanol–water partition coefficient (Wildman–Crippen LogP) is 4.64. The zero-order valence-electron chi connectivity index (χ0n) is 22.7. The van der Waals surface area contributed by atoms with Crippen molar-refractivity contribution >= 4 is 5.82 Å². The summed E-state index contributed by atoms with van der Waals surface area (Å²) in [5.41, 5.74) is 3.83. The van der Waals surface area contributed by atoms with Crippen LogP contribution in [0.4, 0.5) is 10.2 Å². The van der Waals surface area contributed by atoms with E-state index in [1.54, 1.807) is 0 Å². The van der Waals surface area contributed by atoms with E-state index in [1.807, 2.05) is 6.92 Å². The number of anilines is 1. The molecule has 4 aliphatic heterocycles. The van der Waals surface area contributed by atoms with Gasteiger partial charge in [-0.3, -0.25) is 4.90 Å². The van der Waals surface area contributed by atoms with E-state index in [9.17, 15) is 9.50 Å². The topological polar surface area (TPSA) is 61.7 Å². The quantitative estimate of drug-likeness (QED) is 0.634. The van der Waals surface area contributed by atoms with E-state index in [0.717, 1.165) is 100 Å². The van der Waals surface area contributed by atoms with Crippen LogP contribution in [0.5, 0.6) is 0 Å². The van der Waals surface area contributed by atoms with Crippen molar-refractivity contribution in [3.05, 3.63) is 52.5 Å². The Morgan fingerprint density at radius 2 is 1.97 bits per heavy atom. The first-order chi connectivity index (χ1) is 18.3. The highest BCUT2D eigenvalue weighted by Crippen LogP contribution is 2.47. The van der Waals surface area contributed by atoms with Crippen molar-refractivity contribution in [3.63, 3.8) is 0 Å². The van der Waals surface area contributed by atoms with Crippen LogP contribution in [0.2, 0.25) is 0 Å². The summed E-state index contributed by atoms with van der Waals surface area (Å²) in [5, 5.41) is 10.9. The number of piperidine rings is 1. The number of benzene rings is 1. The molecule has 38 heavy (non-hydrogen) atoms. The Labute approximate surface area is 225 Å². The predicted molar refractivity (Wildman–Crippen MR) is 145 cm³/mol. The van der Waals surface area contributed by atoms with Gasteiger partial charge in [0.15, 0.2) is 0 Å². The molecule has 7 rings (SSSR count). The van der Waals surface area contributed by atoms with E-state index in [-0.39, 0.29) is 11.1 Å². The Hall–Kier alpha value is -2.09. The highest BCUT2D eigenvalue weighted by molar-refractivity contribution is 5.52. The lowest BCUT2D eigenvalue weighted by molar-refractivity contribution is -0.0855. The summed E-state index contributed by atoms with van der Waals surface area (Å²) in [7, 11) is 0. The molecule has 1 aromatic carbocycles. The van der Waals surface area contributed by atoms with E-state index < -0.39 is 11.8 Å². The third kappa shape index (κ3) is 4.25. The Morgan fingerprint density at radius 3 is 2.87 bits per heavy atom. The number of aromatic nitrogens is 2. The van der Waals surface area contributed by atoms with Crippen molar-refractivity contribution < 1.29 is 14.2 Å². The summed E-state index contributed by atoms with van der Waals surface area (Å²) in [6.45, 7) is 5.48. The SMILES string of the molecule is CC1(O)CCCN(c2nc(CCC34CCCN3CC(F)C4)nc3c2COC2(CCCc4ccccc42)C3)C1. The molecule has 5 aliphatic rings. The number of rotatable bonds is 4. The molecular weight excluding hydrogens is 479 g/mol. The van der Waals surface area contributed by atoms with E-state index in [2.05, 4.69) is 34.1 Å². The summed E-state index contributed by atoms with van der Waals surface area (Å²) >= 11 is 0. The second kappa shape index (κ2) is 9.24. The lowest BCUT2D eigenvalue weighted by Gasteiger charge is -2.44. The van der Waals surface area contributed by atoms with Gasteiger partial charge in [0.25, 0.3) is 0 Å². The highest BCUT2D eigenvalue weighted by Gasteiger charge is 2.48. The number of nitrogens with zero attached hydrogens (tertiary/aromatic N) is 4. The highest BCUT2D eigenvalue weighted by atomic mass is 19.1. The number of hydrogen-bond acceptors (Lipinski definition) is 6. The molecule has 6 nitrogen and oxygen atoms in total. The van der Waals surface area contributed by atoms with Crippen molar-refractivity contribution in [2.75, 3.05) is 31.1 Å². The maximum absolute atomic E-state index is 14.4. The zero-order valence-corrected chi connectivity index (χ0v) is 22.7. The molecule has 7 heteroatoms.